The third-order valence-electron chi connectivity index (χ3n) is 3.96. The molecule has 1 heterocycles. The molecule has 0 bridgehead atoms. The predicted molar refractivity (Wildman–Crippen MR) is 88.9 cm³/mol. The van der Waals surface area contributed by atoms with Gasteiger partial charge < -0.3 is 4.57 Å². The fraction of sp³-hybridized carbons (Fsp3) is 0.105. The van der Waals surface area contributed by atoms with Gasteiger partial charge in [0.1, 0.15) is 23.8 Å². The lowest BCUT2D eigenvalue weighted by Gasteiger charge is -2.04. The number of aryl methyl sites for hydroxylation is 1. The van der Waals surface area contributed by atoms with E-state index in [0.29, 0.717) is 5.56 Å². The highest BCUT2D eigenvalue weighted by Crippen LogP contribution is 2.31. The van der Waals surface area contributed by atoms with Crippen LogP contribution in [0.3, 0.4) is 0 Å². The molecule has 0 saturated heterocycles. The molecule has 0 spiro atoms. The number of benzene rings is 2. The third-order valence-corrected chi connectivity index (χ3v) is 3.96. The standard InChI is InChI=1S/C19H12N4/c1-2-23-18-6-4-3-5-15(18)16-9-13(7-8-19(16)23)17(12-22)14(10-20)11-21/h3-9H,2H2,1H3. The Bertz CT molecular complexity index is 1060. The van der Waals surface area contributed by atoms with Gasteiger partial charge in [0.2, 0.25) is 0 Å². The zero-order valence-corrected chi connectivity index (χ0v) is 12.5. The summed E-state index contributed by atoms with van der Waals surface area (Å²) in [5, 5.41) is 29.5. The maximum Gasteiger partial charge on any atom is 0.148 e. The van der Waals surface area contributed by atoms with E-state index in [9.17, 15) is 5.26 Å². The van der Waals surface area contributed by atoms with E-state index >= 15 is 0 Å². The molecule has 0 radical (unpaired) electrons. The Morgan fingerprint density at radius 2 is 1.61 bits per heavy atom. The van der Waals surface area contributed by atoms with E-state index in [2.05, 4.69) is 17.6 Å². The Balaban J connectivity index is 2.40. The van der Waals surface area contributed by atoms with Crippen molar-refractivity contribution in [1.29, 1.82) is 15.8 Å². The number of rotatable bonds is 2. The summed E-state index contributed by atoms with van der Waals surface area (Å²) in [7, 11) is 0. The van der Waals surface area contributed by atoms with Gasteiger partial charge in [-0.1, -0.05) is 24.3 Å². The van der Waals surface area contributed by atoms with Gasteiger partial charge in [-0.3, -0.25) is 0 Å². The van der Waals surface area contributed by atoms with Crippen molar-refractivity contribution in [2.45, 2.75) is 13.5 Å². The highest BCUT2D eigenvalue weighted by molar-refractivity contribution is 6.09. The second-order valence-electron chi connectivity index (χ2n) is 5.08. The van der Waals surface area contributed by atoms with Crippen molar-refractivity contribution in [3.05, 3.63) is 53.6 Å². The molecular weight excluding hydrogens is 284 g/mol. The van der Waals surface area contributed by atoms with Crippen molar-refractivity contribution in [2.24, 2.45) is 0 Å². The van der Waals surface area contributed by atoms with Crippen LogP contribution >= 0.6 is 0 Å². The second kappa shape index (κ2) is 5.68. The second-order valence-corrected chi connectivity index (χ2v) is 5.08. The molecule has 0 aliphatic rings. The minimum atomic E-state index is -0.161. The van der Waals surface area contributed by atoms with Crippen LogP contribution in [-0.2, 0) is 6.54 Å². The van der Waals surface area contributed by atoms with E-state index < -0.39 is 0 Å². The van der Waals surface area contributed by atoms with Crippen LogP contribution in [0.15, 0.2) is 48.0 Å². The number of nitriles is 3. The fourth-order valence-electron chi connectivity index (χ4n) is 2.95. The van der Waals surface area contributed by atoms with Gasteiger partial charge in [-0.2, -0.15) is 15.8 Å². The van der Waals surface area contributed by atoms with Gasteiger partial charge in [-0.25, -0.2) is 0 Å². The van der Waals surface area contributed by atoms with Gasteiger partial charge in [0.25, 0.3) is 0 Å². The summed E-state index contributed by atoms with van der Waals surface area (Å²) in [6, 6.07) is 19.3. The number of nitrogens with zero attached hydrogens (tertiary/aromatic N) is 4. The lowest BCUT2D eigenvalue weighted by molar-refractivity contribution is 0.827. The van der Waals surface area contributed by atoms with E-state index in [4.69, 9.17) is 10.5 Å². The first-order valence-corrected chi connectivity index (χ1v) is 7.21. The summed E-state index contributed by atoms with van der Waals surface area (Å²) in [5.41, 5.74) is 2.75. The summed E-state index contributed by atoms with van der Waals surface area (Å²) >= 11 is 0. The van der Waals surface area contributed by atoms with Gasteiger partial charge in [0.05, 0.1) is 5.57 Å². The fourth-order valence-corrected chi connectivity index (χ4v) is 2.95. The number of para-hydroxylation sites is 1. The van der Waals surface area contributed by atoms with Crippen LogP contribution < -0.4 is 0 Å². The van der Waals surface area contributed by atoms with E-state index in [-0.39, 0.29) is 11.1 Å². The van der Waals surface area contributed by atoms with Crippen molar-refractivity contribution in [3.63, 3.8) is 0 Å². The molecule has 0 amide bonds. The lowest BCUT2D eigenvalue weighted by atomic mass is 10.00. The molecular formula is C19H12N4. The van der Waals surface area contributed by atoms with E-state index in [0.717, 1.165) is 28.4 Å². The van der Waals surface area contributed by atoms with Crippen LogP contribution in [-0.4, -0.2) is 4.57 Å². The predicted octanol–water partition coefficient (Wildman–Crippen LogP) is 4.14. The summed E-state index contributed by atoms with van der Waals surface area (Å²) in [5.74, 6) is 0. The molecule has 3 rings (SSSR count). The Kier molecular flexibility index (Phi) is 3.55. The Morgan fingerprint density at radius 3 is 2.26 bits per heavy atom. The zero-order valence-electron chi connectivity index (χ0n) is 12.5. The van der Waals surface area contributed by atoms with Crippen LogP contribution in [0.4, 0.5) is 0 Å². The molecule has 0 saturated carbocycles. The maximum absolute atomic E-state index is 9.33. The van der Waals surface area contributed by atoms with E-state index in [1.807, 2.05) is 36.4 Å². The molecule has 3 aromatic rings. The van der Waals surface area contributed by atoms with Crippen molar-refractivity contribution in [1.82, 2.24) is 4.57 Å². The van der Waals surface area contributed by atoms with Crippen molar-refractivity contribution in [2.75, 3.05) is 0 Å². The molecule has 0 N–H and O–H groups in total. The van der Waals surface area contributed by atoms with Crippen LogP contribution in [0, 0.1) is 34.0 Å². The minimum absolute atomic E-state index is 0.116. The average Bonchev–Trinajstić information content (AvgIpc) is 2.92. The summed E-state index contributed by atoms with van der Waals surface area (Å²) in [6.07, 6.45) is 0. The monoisotopic (exact) mass is 296 g/mol. The lowest BCUT2D eigenvalue weighted by Crippen LogP contribution is -1.93. The van der Waals surface area contributed by atoms with Crippen LogP contribution in [0.5, 0.6) is 0 Å². The molecule has 0 aliphatic carbocycles. The number of allylic oxidation sites excluding steroid dienone is 2. The molecule has 1 aromatic heterocycles. The number of hydrogen-bond acceptors (Lipinski definition) is 3. The van der Waals surface area contributed by atoms with Crippen LogP contribution in [0.25, 0.3) is 27.4 Å². The smallest absolute Gasteiger partial charge is 0.148 e. The Labute approximate surface area is 133 Å². The molecule has 0 unspecified atom stereocenters. The summed E-state index contributed by atoms with van der Waals surface area (Å²) in [4.78, 5) is 0. The molecule has 0 fully saturated rings. The molecule has 2 aromatic carbocycles. The quantitative estimate of drug-likeness (QED) is 0.667. The van der Waals surface area contributed by atoms with Gasteiger partial charge in [-0.15, -0.1) is 0 Å². The molecule has 4 heteroatoms. The first-order chi connectivity index (χ1) is 11.2. The Morgan fingerprint density at radius 1 is 0.913 bits per heavy atom. The first-order valence-electron chi connectivity index (χ1n) is 7.21. The Hall–Kier alpha value is -3.55. The highest BCUT2D eigenvalue weighted by atomic mass is 15.0. The molecule has 4 nitrogen and oxygen atoms in total. The van der Waals surface area contributed by atoms with E-state index in [1.54, 1.807) is 18.2 Å². The van der Waals surface area contributed by atoms with Gasteiger partial charge in [0, 0.05) is 28.4 Å². The average molecular weight is 296 g/mol. The third kappa shape index (κ3) is 2.13. The molecule has 23 heavy (non-hydrogen) atoms. The zero-order chi connectivity index (χ0) is 16.4. The number of fused-ring (bicyclic) bond motifs is 3. The van der Waals surface area contributed by atoms with Crippen LogP contribution in [0.1, 0.15) is 12.5 Å². The van der Waals surface area contributed by atoms with Crippen molar-refractivity contribution < 1.29 is 0 Å². The molecule has 108 valence electrons. The number of hydrogen-bond donors (Lipinski definition) is 0. The van der Waals surface area contributed by atoms with Gasteiger partial charge >= 0.3 is 0 Å². The summed E-state index contributed by atoms with van der Waals surface area (Å²) in [6.45, 7) is 2.93. The van der Waals surface area contributed by atoms with Gasteiger partial charge in [0.15, 0.2) is 0 Å². The molecule has 0 aliphatic heterocycles. The maximum atomic E-state index is 9.33. The topological polar surface area (TPSA) is 76.3 Å². The summed E-state index contributed by atoms with van der Waals surface area (Å²) < 4.78 is 2.21. The normalized spacial score (nSPS) is 10.0. The number of aromatic nitrogens is 1. The highest BCUT2D eigenvalue weighted by Gasteiger charge is 2.13. The van der Waals surface area contributed by atoms with Crippen LogP contribution in [0.2, 0.25) is 0 Å². The van der Waals surface area contributed by atoms with E-state index in [1.165, 1.54) is 0 Å². The minimum Gasteiger partial charge on any atom is -0.341 e. The first kappa shape index (κ1) is 14.4. The van der Waals surface area contributed by atoms with Gasteiger partial charge in [-0.05, 0) is 30.7 Å². The largest absolute Gasteiger partial charge is 0.341 e. The SMILES string of the molecule is CCn1c2ccccc2c2cc(C(C#N)=C(C#N)C#N)ccc21. The van der Waals surface area contributed by atoms with Crippen molar-refractivity contribution in [3.8, 4) is 18.2 Å². The molecule has 0 atom stereocenters. The van der Waals surface area contributed by atoms with Crippen molar-refractivity contribution >= 4 is 27.4 Å².